The fraction of sp³-hybridized carbons (Fsp3) is 0.684. The Balaban J connectivity index is 1.70. The minimum absolute atomic E-state index is 0.884. The second kappa shape index (κ2) is 9.29. The van der Waals surface area contributed by atoms with E-state index in [0.717, 1.165) is 6.04 Å². The van der Waals surface area contributed by atoms with Crippen LogP contribution < -0.4 is 14.7 Å². The zero-order valence-electron chi connectivity index (χ0n) is 14.8. The highest BCUT2D eigenvalue weighted by molar-refractivity contribution is 5.13. The van der Waals surface area contributed by atoms with E-state index in [4.69, 9.17) is 0 Å². The van der Waals surface area contributed by atoms with Crippen LogP contribution in [0.3, 0.4) is 0 Å². The van der Waals surface area contributed by atoms with Crippen LogP contribution in [0.1, 0.15) is 32.3 Å². The predicted molar refractivity (Wildman–Crippen MR) is 92.5 cm³/mol. The Hall–Kier alpha value is -0.900. The van der Waals surface area contributed by atoms with Crippen LogP contribution in [0.5, 0.6) is 0 Å². The van der Waals surface area contributed by atoms with E-state index >= 15 is 0 Å². The topological polar surface area (TPSA) is 13.3 Å². The smallest absolute Gasteiger partial charge is 0.127 e. The van der Waals surface area contributed by atoms with Gasteiger partial charge < -0.3 is 14.7 Å². The van der Waals surface area contributed by atoms with E-state index in [-0.39, 0.29) is 0 Å². The number of quaternary nitrogens is 3. The minimum Gasteiger partial charge on any atom is -0.331 e. The fourth-order valence-corrected chi connectivity index (χ4v) is 3.76. The first kappa shape index (κ1) is 17.5. The van der Waals surface area contributed by atoms with Crippen LogP contribution in [-0.4, -0.2) is 52.4 Å². The summed E-state index contributed by atoms with van der Waals surface area (Å²) < 4.78 is 0. The molecule has 1 aliphatic heterocycles. The standard InChI is InChI=1S/C19H33N3/c1-4-21(5-2)16-15-20(3)19-11-13-22(14-12-19)17-18-9-7-6-8-10-18/h6-10,19H,4-5,11-17H2,1-3H3/p+3. The van der Waals surface area contributed by atoms with Crippen molar-refractivity contribution in [3.8, 4) is 0 Å². The molecule has 1 aliphatic rings. The molecule has 1 aromatic carbocycles. The maximum absolute atomic E-state index is 2.41. The van der Waals surface area contributed by atoms with Crippen LogP contribution in [0.4, 0.5) is 0 Å². The SMILES string of the molecule is CC[NH+](CC)CC[NH+](C)C1CC[NH+](Cc2ccccc2)CC1. The van der Waals surface area contributed by atoms with Gasteiger partial charge in [-0.3, -0.25) is 0 Å². The molecule has 1 saturated heterocycles. The number of hydrogen-bond acceptors (Lipinski definition) is 0. The molecule has 3 heteroatoms. The van der Waals surface area contributed by atoms with Crippen molar-refractivity contribution in [3.63, 3.8) is 0 Å². The maximum Gasteiger partial charge on any atom is 0.127 e. The van der Waals surface area contributed by atoms with Gasteiger partial charge in [-0.25, -0.2) is 0 Å². The third kappa shape index (κ3) is 5.38. The Bertz CT molecular complexity index is 394. The first-order valence-electron chi connectivity index (χ1n) is 9.26. The molecule has 3 nitrogen and oxygen atoms in total. The van der Waals surface area contributed by atoms with Crippen LogP contribution in [-0.2, 0) is 6.54 Å². The Kier molecular flexibility index (Phi) is 7.37. The second-order valence-electron chi connectivity index (χ2n) is 6.99. The molecule has 1 fully saturated rings. The number of rotatable bonds is 8. The average Bonchev–Trinajstić information content (AvgIpc) is 2.57. The van der Waals surface area contributed by atoms with Crippen molar-refractivity contribution in [2.45, 2.75) is 39.3 Å². The van der Waals surface area contributed by atoms with Crippen molar-refractivity contribution in [2.24, 2.45) is 0 Å². The van der Waals surface area contributed by atoms with Gasteiger partial charge in [0.25, 0.3) is 0 Å². The lowest BCUT2D eigenvalue weighted by molar-refractivity contribution is -0.976. The van der Waals surface area contributed by atoms with Crippen LogP contribution in [0.15, 0.2) is 30.3 Å². The molecule has 0 aromatic heterocycles. The molecule has 1 unspecified atom stereocenters. The van der Waals surface area contributed by atoms with E-state index in [9.17, 15) is 0 Å². The zero-order chi connectivity index (χ0) is 15.8. The molecule has 2 rings (SSSR count). The van der Waals surface area contributed by atoms with Gasteiger partial charge in [0.1, 0.15) is 19.6 Å². The summed E-state index contributed by atoms with van der Waals surface area (Å²) in [6.07, 6.45) is 2.78. The third-order valence-electron chi connectivity index (χ3n) is 5.56. The highest BCUT2D eigenvalue weighted by Gasteiger charge is 2.28. The summed E-state index contributed by atoms with van der Waals surface area (Å²) in [6, 6.07) is 11.9. The summed E-state index contributed by atoms with van der Waals surface area (Å²) in [5.74, 6) is 0. The van der Waals surface area contributed by atoms with E-state index in [1.807, 2.05) is 0 Å². The van der Waals surface area contributed by atoms with Crippen molar-refractivity contribution < 1.29 is 14.7 Å². The van der Waals surface area contributed by atoms with E-state index in [1.54, 1.807) is 14.7 Å². The quantitative estimate of drug-likeness (QED) is 0.527. The van der Waals surface area contributed by atoms with Crippen molar-refractivity contribution in [1.82, 2.24) is 0 Å². The Labute approximate surface area is 136 Å². The first-order valence-corrected chi connectivity index (χ1v) is 9.26. The van der Waals surface area contributed by atoms with Crippen LogP contribution in [0, 0.1) is 0 Å². The van der Waals surface area contributed by atoms with E-state index in [1.165, 1.54) is 64.2 Å². The van der Waals surface area contributed by atoms with Crippen LogP contribution in [0.25, 0.3) is 0 Å². The predicted octanol–water partition coefficient (Wildman–Crippen LogP) is -1.33. The lowest BCUT2D eigenvalue weighted by Crippen LogP contribution is -3.22. The molecule has 0 saturated carbocycles. The monoisotopic (exact) mass is 306 g/mol. The molecule has 124 valence electrons. The largest absolute Gasteiger partial charge is 0.331 e. The van der Waals surface area contributed by atoms with E-state index in [2.05, 4.69) is 51.2 Å². The number of piperidine rings is 1. The summed E-state index contributed by atoms with van der Waals surface area (Å²) >= 11 is 0. The first-order chi connectivity index (χ1) is 10.7. The molecule has 1 atom stereocenters. The summed E-state index contributed by atoms with van der Waals surface area (Å²) in [5.41, 5.74) is 1.49. The van der Waals surface area contributed by atoms with Gasteiger partial charge in [0.15, 0.2) is 0 Å². The molecule has 0 spiro atoms. The lowest BCUT2D eigenvalue weighted by Gasteiger charge is -2.32. The molecule has 0 bridgehead atoms. The van der Waals surface area contributed by atoms with E-state index < -0.39 is 0 Å². The third-order valence-corrected chi connectivity index (χ3v) is 5.56. The number of nitrogens with one attached hydrogen (secondary N) is 3. The highest BCUT2D eigenvalue weighted by atomic mass is 15.2. The molecular formula is C19H36N3+3. The Morgan fingerprint density at radius 1 is 1.00 bits per heavy atom. The summed E-state index contributed by atoms with van der Waals surface area (Å²) in [5, 5.41) is 0. The lowest BCUT2D eigenvalue weighted by atomic mass is 10.0. The molecule has 3 N–H and O–H groups in total. The van der Waals surface area contributed by atoms with Gasteiger partial charge in [0, 0.05) is 18.4 Å². The average molecular weight is 307 g/mol. The van der Waals surface area contributed by atoms with Gasteiger partial charge in [-0.1, -0.05) is 30.3 Å². The van der Waals surface area contributed by atoms with Crippen molar-refractivity contribution in [2.75, 3.05) is 46.3 Å². The van der Waals surface area contributed by atoms with Crippen molar-refractivity contribution in [1.29, 1.82) is 0 Å². The number of benzene rings is 1. The Morgan fingerprint density at radius 3 is 2.23 bits per heavy atom. The Morgan fingerprint density at radius 2 is 1.64 bits per heavy atom. The maximum atomic E-state index is 2.41. The van der Waals surface area contributed by atoms with Gasteiger partial charge in [-0.05, 0) is 13.8 Å². The summed E-state index contributed by atoms with van der Waals surface area (Å²) in [7, 11) is 2.41. The second-order valence-corrected chi connectivity index (χ2v) is 6.99. The zero-order valence-corrected chi connectivity index (χ0v) is 14.8. The minimum atomic E-state index is 0.884. The van der Waals surface area contributed by atoms with E-state index in [0.29, 0.717) is 0 Å². The molecule has 0 radical (unpaired) electrons. The van der Waals surface area contributed by atoms with Gasteiger partial charge in [-0.2, -0.15) is 0 Å². The summed E-state index contributed by atoms with van der Waals surface area (Å²) in [6.45, 7) is 13.7. The highest BCUT2D eigenvalue weighted by Crippen LogP contribution is 1.99. The van der Waals surface area contributed by atoms with Crippen LogP contribution >= 0.6 is 0 Å². The van der Waals surface area contributed by atoms with Gasteiger partial charge >= 0.3 is 0 Å². The normalized spacial score (nSPS) is 23.6. The molecule has 0 aliphatic carbocycles. The van der Waals surface area contributed by atoms with Crippen molar-refractivity contribution >= 4 is 0 Å². The molecule has 1 heterocycles. The molecule has 1 aromatic rings. The van der Waals surface area contributed by atoms with Gasteiger partial charge in [-0.15, -0.1) is 0 Å². The van der Waals surface area contributed by atoms with Gasteiger partial charge in [0.2, 0.25) is 0 Å². The van der Waals surface area contributed by atoms with Crippen molar-refractivity contribution in [3.05, 3.63) is 35.9 Å². The number of hydrogen-bond donors (Lipinski definition) is 3. The fourth-order valence-electron chi connectivity index (χ4n) is 3.76. The number of likely N-dealkylation sites (N-methyl/N-ethyl adjacent to an activating group) is 2. The molecule has 22 heavy (non-hydrogen) atoms. The van der Waals surface area contributed by atoms with Crippen LogP contribution in [0.2, 0.25) is 0 Å². The summed E-state index contributed by atoms with van der Waals surface area (Å²) in [4.78, 5) is 5.27. The van der Waals surface area contributed by atoms with Gasteiger partial charge in [0.05, 0.1) is 39.3 Å². The molecule has 0 amide bonds. The number of likely N-dealkylation sites (tertiary alicyclic amines) is 1. The molecular weight excluding hydrogens is 270 g/mol.